The van der Waals surface area contributed by atoms with Gasteiger partial charge in [0.15, 0.2) is 0 Å². The second-order valence-corrected chi connectivity index (χ2v) is 7.08. The second-order valence-electron chi connectivity index (χ2n) is 5.40. The van der Waals surface area contributed by atoms with Crippen LogP contribution in [-0.2, 0) is 10.0 Å². The molecule has 0 unspecified atom stereocenters. The number of nitrogens with two attached hydrogens (primary N) is 1. The maximum atomic E-state index is 12.3. The number of hydrogen-bond donors (Lipinski definition) is 2. The van der Waals surface area contributed by atoms with Gasteiger partial charge in [-0.05, 0) is 48.2 Å². The lowest BCUT2D eigenvalue weighted by Gasteiger charge is -2.11. The zero-order valence-electron chi connectivity index (χ0n) is 12.4. The zero-order chi connectivity index (χ0) is 15.6. The first-order valence-corrected chi connectivity index (χ1v) is 8.27. The van der Waals surface area contributed by atoms with Crippen molar-refractivity contribution in [2.75, 3.05) is 10.5 Å². The van der Waals surface area contributed by atoms with Crippen molar-refractivity contribution < 1.29 is 8.42 Å². The summed E-state index contributed by atoms with van der Waals surface area (Å²) in [6.45, 7) is 6.01. The second kappa shape index (κ2) is 5.77. The molecule has 0 aliphatic rings. The minimum absolute atomic E-state index is 0.242. The highest BCUT2D eigenvalue weighted by molar-refractivity contribution is 7.92. The maximum Gasteiger partial charge on any atom is 0.261 e. The SMILES string of the molecule is Cc1ccc(NS(=O)(=O)c2ccc(C(C)C)cc2)cc1N. The molecule has 2 aromatic carbocycles. The smallest absolute Gasteiger partial charge is 0.261 e. The van der Waals surface area contributed by atoms with Crippen molar-refractivity contribution in [3.63, 3.8) is 0 Å². The van der Waals surface area contributed by atoms with E-state index in [0.717, 1.165) is 11.1 Å². The first-order chi connectivity index (χ1) is 9.79. The van der Waals surface area contributed by atoms with Crippen molar-refractivity contribution in [1.82, 2.24) is 0 Å². The fourth-order valence-corrected chi connectivity index (χ4v) is 3.00. The van der Waals surface area contributed by atoms with Crippen LogP contribution in [0.3, 0.4) is 0 Å². The number of nitrogens with one attached hydrogen (secondary N) is 1. The Bertz CT molecular complexity index is 735. The van der Waals surface area contributed by atoms with Gasteiger partial charge in [-0.3, -0.25) is 4.72 Å². The highest BCUT2D eigenvalue weighted by atomic mass is 32.2. The number of anilines is 2. The Morgan fingerprint density at radius 1 is 1.05 bits per heavy atom. The summed E-state index contributed by atoms with van der Waals surface area (Å²) in [5.41, 5.74) is 8.84. The van der Waals surface area contributed by atoms with Gasteiger partial charge in [-0.15, -0.1) is 0 Å². The molecule has 0 atom stereocenters. The minimum Gasteiger partial charge on any atom is -0.398 e. The van der Waals surface area contributed by atoms with Crippen LogP contribution in [0, 0.1) is 6.92 Å². The monoisotopic (exact) mass is 304 g/mol. The first kappa shape index (κ1) is 15.4. The van der Waals surface area contributed by atoms with Gasteiger partial charge in [0, 0.05) is 5.69 Å². The highest BCUT2D eigenvalue weighted by Crippen LogP contribution is 2.22. The Labute approximate surface area is 126 Å². The Hall–Kier alpha value is -2.01. The van der Waals surface area contributed by atoms with Crippen molar-refractivity contribution in [1.29, 1.82) is 0 Å². The van der Waals surface area contributed by atoms with Crippen LogP contribution in [0.4, 0.5) is 11.4 Å². The summed E-state index contributed by atoms with van der Waals surface area (Å²) < 4.78 is 27.2. The van der Waals surface area contributed by atoms with Gasteiger partial charge in [-0.25, -0.2) is 8.42 Å². The van der Waals surface area contributed by atoms with Gasteiger partial charge in [-0.1, -0.05) is 32.0 Å². The molecular weight excluding hydrogens is 284 g/mol. The molecule has 0 saturated heterocycles. The van der Waals surface area contributed by atoms with Crippen LogP contribution in [0.1, 0.15) is 30.9 Å². The van der Waals surface area contributed by atoms with Gasteiger partial charge in [-0.2, -0.15) is 0 Å². The maximum absolute atomic E-state index is 12.3. The summed E-state index contributed by atoms with van der Waals surface area (Å²) in [7, 11) is -3.59. The lowest BCUT2D eigenvalue weighted by atomic mass is 10.0. The van der Waals surface area contributed by atoms with Crippen LogP contribution in [0.25, 0.3) is 0 Å². The molecule has 0 aromatic heterocycles. The van der Waals surface area contributed by atoms with Crippen molar-refractivity contribution in [2.24, 2.45) is 0 Å². The number of benzene rings is 2. The number of hydrogen-bond acceptors (Lipinski definition) is 3. The predicted octanol–water partition coefficient (Wildman–Crippen LogP) is 3.50. The third kappa shape index (κ3) is 3.55. The van der Waals surface area contributed by atoms with Crippen LogP contribution >= 0.6 is 0 Å². The van der Waals surface area contributed by atoms with Crippen LogP contribution in [-0.4, -0.2) is 8.42 Å². The Morgan fingerprint density at radius 3 is 2.19 bits per heavy atom. The number of rotatable bonds is 4. The molecule has 0 aliphatic heterocycles. The third-order valence-electron chi connectivity index (χ3n) is 3.39. The average Bonchev–Trinajstić information content (AvgIpc) is 2.43. The van der Waals surface area contributed by atoms with E-state index in [-0.39, 0.29) is 4.90 Å². The molecule has 0 radical (unpaired) electrons. The molecule has 5 heteroatoms. The van der Waals surface area contributed by atoms with Crippen molar-refractivity contribution in [3.05, 3.63) is 53.6 Å². The van der Waals surface area contributed by atoms with Gasteiger partial charge in [0.1, 0.15) is 0 Å². The van der Waals surface area contributed by atoms with Gasteiger partial charge in [0.25, 0.3) is 10.0 Å². The van der Waals surface area contributed by atoms with Crippen LogP contribution < -0.4 is 10.5 Å². The summed E-state index contributed by atoms with van der Waals surface area (Å²) in [5, 5.41) is 0. The number of nitrogen functional groups attached to an aromatic ring is 1. The van der Waals surface area contributed by atoms with Gasteiger partial charge < -0.3 is 5.73 Å². The van der Waals surface area contributed by atoms with Crippen molar-refractivity contribution in [2.45, 2.75) is 31.6 Å². The van der Waals surface area contributed by atoms with E-state index in [0.29, 0.717) is 17.3 Å². The van der Waals surface area contributed by atoms with E-state index >= 15 is 0 Å². The van der Waals surface area contributed by atoms with Gasteiger partial charge in [0.2, 0.25) is 0 Å². The fourth-order valence-electron chi connectivity index (χ4n) is 1.95. The molecule has 0 aliphatic carbocycles. The molecule has 0 amide bonds. The predicted molar refractivity (Wildman–Crippen MR) is 86.9 cm³/mol. The average molecular weight is 304 g/mol. The lowest BCUT2D eigenvalue weighted by Crippen LogP contribution is -2.13. The van der Waals surface area contributed by atoms with Gasteiger partial charge >= 0.3 is 0 Å². The molecule has 2 aromatic rings. The molecule has 112 valence electrons. The third-order valence-corrected chi connectivity index (χ3v) is 4.79. The zero-order valence-corrected chi connectivity index (χ0v) is 13.2. The Balaban J connectivity index is 2.27. The molecule has 0 spiro atoms. The van der Waals surface area contributed by atoms with E-state index in [1.165, 1.54) is 0 Å². The fraction of sp³-hybridized carbons (Fsp3) is 0.250. The largest absolute Gasteiger partial charge is 0.398 e. The van der Waals surface area contributed by atoms with E-state index in [2.05, 4.69) is 18.6 Å². The molecule has 0 heterocycles. The molecule has 0 bridgehead atoms. The van der Waals surface area contributed by atoms with E-state index in [1.54, 1.807) is 30.3 Å². The summed E-state index contributed by atoms with van der Waals surface area (Å²) in [4.78, 5) is 0.242. The first-order valence-electron chi connectivity index (χ1n) is 6.78. The quantitative estimate of drug-likeness (QED) is 0.849. The summed E-state index contributed by atoms with van der Waals surface area (Å²) in [5.74, 6) is 0.367. The summed E-state index contributed by atoms with van der Waals surface area (Å²) in [6, 6.07) is 12.0. The lowest BCUT2D eigenvalue weighted by molar-refractivity contribution is 0.601. The van der Waals surface area contributed by atoms with Crippen LogP contribution in [0.5, 0.6) is 0 Å². The van der Waals surface area contributed by atoms with Gasteiger partial charge in [0.05, 0.1) is 10.6 Å². The molecule has 21 heavy (non-hydrogen) atoms. The standard InChI is InChI=1S/C16H20N2O2S/c1-11(2)13-5-8-15(9-6-13)21(19,20)18-14-7-4-12(3)16(17)10-14/h4-11,18H,17H2,1-3H3. The number of aryl methyl sites for hydroxylation is 1. The molecule has 2 rings (SSSR count). The Kier molecular flexibility index (Phi) is 4.23. The minimum atomic E-state index is -3.59. The Morgan fingerprint density at radius 2 is 1.67 bits per heavy atom. The molecule has 0 fully saturated rings. The van der Waals surface area contributed by atoms with E-state index in [1.807, 2.05) is 19.1 Å². The van der Waals surface area contributed by atoms with E-state index < -0.39 is 10.0 Å². The molecular formula is C16H20N2O2S. The summed E-state index contributed by atoms with van der Waals surface area (Å²) in [6.07, 6.45) is 0. The van der Waals surface area contributed by atoms with Crippen LogP contribution in [0.15, 0.2) is 47.4 Å². The van der Waals surface area contributed by atoms with Crippen molar-refractivity contribution >= 4 is 21.4 Å². The molecule has 3 N–H and O–H groups in total. The topological polar surface area (TPSA) is 72.2 Å². The van der Waals surface area contributed by atoms with E-state index in [4.69, 9.17) is 5.73 Å². The van der Waals surface area contributed by atoms with Crippen molar-refractivity contribution in [3.8, 4) is 0 Å². The number of sulfonamides is 1. The normalized spacial score (nSPS) is 11.6. The van der Waals surface area contributed by atoms with E-state index in [9.17, 15) is 8.42 Å². The summed E-state index contributed by atoms with van der Waals surface area (Å²) >= 11 is 0. The highest BCUT2D eigenvalue weighted by Gasteiger charge is 2.14. The molecule has 0 saturated carbocycles. The molecule has 4 nitrogen and oxygen atoms in total. The van der Waals surface area contributed by atoms with Crippen LogP contribution in [0.2, 0.25) is 0 Å².